The smallest absolute Gasteiger partial charge is 0.261 e. The summed E-state index contributed by atoms with van der Waals surface area (Å²) in [6, 6.07) is 14.1. The van der Waals surface area contributed by atoms with Crippen LogP contribution in [0.2, 0.25) is 0 Å². The summed E-state index contributed by atoms with van der Waals surface area (Å²) >= 11 is 0. The van der Waals surface area contributed by atoms with E-state index in [9.17, 15) is 8.42 Å². The zero-order valence-electron chi connectivity index (χ0n) is 14.7. The van der Waals surface area contributed by atoms with Crippen LogP contribution in [0.4, 0.5) is 5.69 Å². The van der Waals surface area contributed by atoms with Crippen molar-refractivity contribution in [2.24, 2.45) is 0 Å². The van der Waals surface area contributed by atoms with Gasteiger partial charge in [0.15, 0.2) is 0 Å². The molecule has 1 aromatic heterocycles. The third kappa shape index (κ3) is 4.52. The van der Waals surface area contributed by atoms with Crippen LogP contribution in [0.25, 0.3) is 10.8 Å². The molecule has 0 saturated heterocycles. The van der Waals surface area contributed by atoms with Crippen LogP contribution < -0.4 is 9.46 Å². The fourth-order valence-corrected chi connectivity index (χ4v) is 3.72. The van der Waals surface area contributed by atoms with Crippen LogP contribution in [0.15, 0.2) is 65.8 Å². The maximum atomic E-state index is 12.6. The minimum absolute atomic E-state index is 0.213. The number of hydrogen-bond acceptors (Lipinski definition) is 4. The molecule has 6 heteroatoms. The Morgan fingerprint density at radius 3 is 2.62 bits per heavy atom. The molecule has 3 rings (SSSR count). The number of ether oxygens (including phenoxy) is 1. The highest BCUT2D eigenvalue weighted by Gasteiger charge is 2.15. The van der Waals surface area contributed by atoms with E-state index in [1.54, 1.807) is 36.5 Å². The van der Waals surface area contributed by atoms with Crippen molar-refractivity contribution < 1.29 is 13.2 Å². The van der Waals surface area contributed by atoms with E-state index in [1.807, 2.05) is 18.2 Å². The Morgan fingerprint density at radius 2 is 1.85 bits per heavy atom. The quantitative estimate of drug-likeness (QED) is 0.588. The minimum Gasteiger partial charge on any atom is -0.494 e. The SMILES string of the molecule is CCCCCOc1ccc2cc(S(=O)(=O)Nc3cccnc3)ccc2c1. The molecule has 3 aromatic rings. The largest absolute Gasteiger partial charge is 0.494 e. The van der Waals surface area contributed by atoms with Crippen molar-refractivity contribution in [1.82, 2.24) is 4.98 Å². The van der Waals surface area contributed by atoms with E-state index in [4.69, 9.17) is 4.74 Å². The van der Waals surface area contributed by atoms with Gasteiger partial charge in [-0.15, -0.1) is 0 Å². The van der Waals surface area contributed by atoms with Crippen molar-refractivity contribution >= 4 is 26.5 Å². The molecule has 0 fully saturated rings. The van der Waals surface area contributed by atoms with Crippen LogP contribution in [0.3, 0.4) is 0 Å². The number of aromatic nitrogens is 1. The standard InChI is InChI=1S/C20H22N2O3S/c1-2-3-4-12-25-19-9-7-17-14-20(10-8-16(17)13-19)26(23,24)22-18-6-5-11-21-15-18/h5-11,13-15,22H,2-4,12H2,1H3. The first kappa shape index (κ1) is 18.2. The van der Waals surface area contributed by atoms with Crippen molar-refractivity contribution in [2.45, 2.75) is 31.1 Å². The second-order valence-electron chi connectivity index (χ2n) is 6.07. The van der Waals surface area contributed by atoms with Crippen molar-refractivity contribution in [3.05, 3.63) is 60.9 Å². The van der Waals surface area contributed by atoms with E-state index < -0.39 is 10.0 Å². The highest BCUT2D eigenvalue weighted by molar-refractivity contribution is 7.92. The van der Waals surface area contributed by atoms with E-state index in [0.29, 0.717) is 12.3 Å². The lowest BCUT2D eigenvalue weighted by Gasteiger charge is -2.10. The van der Waals surface area contributed by atoms with Gasteiger partial charge in [-0.25, -0.2) is 8.42 Å². The fourth-order valence-electron chi connectivity index (χ4n) is 2.64. The molecule has 0 spiro atoms. The molecule has 0 unspecified atom stereocenters. The van der Waals surface area contributed by atoms with Gasteiger partial charge in [0.05, 0.1) is 23.4 Å². The predicted octanol–water partition coefficient (Wildman–Crippen LogP) is 4.60. The molecule has 0 atom stereocenters. The third-order valence-electron chi connectivity index (χ3n) is 4.02. The van der Waals surface area contributed by atoms with Gasteiger partial charge in [0.25, 0.3) is 10.0 Å². The fraction of sp³-hybridized carbons (Fsp3) is 0.250. The number of nitrogens with one attached hydrogen (secondary N) is 1. The lowest BCUT2D eigenvalue weighted by atomic mass is 10.1. The molecular formula is C20H22N2O3S. The molecular weight excluding hydrogens is 348 g/mol. The number of sulfonamides is 1. The van der Waals surface area contributed by atoms with E-state index in [1.165, 1.54) is 6.20 Å². The summed E-state index contributed by atoms with van der Waals surface area (Å²) in [6.07, 6.45) is 6.41. The Labute approximate surface area is 154 Å². The first-order chi connectivity index (χ1) is 12.6. The topological polar surface area (TPSA) is 68.3 Å². The molecule has 0 amide bonds. The summed E-state index contributed by atoms with van der Waals surface area (Å²) in [5.74, 6) is 0.803. The van der Waals surface area contributed by atoms with Crippen LogP contribution in [-0.2, 0) is 10.0 Å². The van der Waals surface area contributed by atoms with Gasteiger partial charge in [-0.3, -0.25) is 9.71 Å². The number of benzene rings is 2. The van der Waals surface area contributed by atoms with Crippen molar-refractivity contribution in [1.29, 1.82) is 0 Å². The van der Waals surface area contributed by atoms with Crippen LogP contribution in [0, 0.1) is 0 Å². The lowest BCUT2D eigenvalue weighted by Crippen LogP contribution is -2.12. The van der Waals surface area contributed by atoms with Gasteiger partial charge >= 0.3 is 0 Å². The number of nitrogens with zero attached hydrogens (tertiary/aromatic N) is 1. The van der Waals surface area contributed by atoms with Crippen molar-refractivity contribution in [3.8, 4) is 5.75 Å². The highest BCUT2D eigenvalue weighted by Crippen LogP contribution is 2.25. The van der Waals surface area contributed by atoms with E-state index in [2.05, 4.69) is 16.6 Å². The summed E-state index contributed by atoms with van der Waals surface area (Å²) in [5.41, 5.74) is 0.434. The Hall–Kier alpha value is -2.60. The van der Waals surface area contributed by atoms with Crippen LogP contribution >= 0.6 is 0 Å². The van der Waals surface area contributed by atoms with Gasteiger partial charge in [-0.05, 0) is 53.6 Å². The molecule has 1 N–H and O–H groups in total. The number of unbranched alkanes of at least 4 members (excludes halogenated alkanes) is 2. The third-order valence-corrected chi connectivity index (χ3v) is 5.40. The van der Waals surface area contributed by atoms with Gasteiger partial charge in [0.2, 0.25) is 0 Å². The van der Waals surface area contributed by atoms with Gasteiger partial charge < -0.3 is 4.74 Å². The zero-order valence-corrected chi connectivity index (χ0v) is 15.5. The molecule has 0 aliphatic rings. The number of fused-ring (bicyclic) bond motifs is 1. The van der Waals surface area contributed by atoms with Gasteiger partial charge in [-0.1, -0.05) is 31.9 Å². The molecule has 0 aliphatic heterocycles. The normalized spacial score (nSPS) is 11.4. The summed E-state index contributed by atoms with van der Waals surface area (Å²) < 4.78 is 33.4. The second-order valence-corrected chi connectivity index (χ2v) is 7.76. The van der Waals surface area contributed by atoms with Gasteiger partial charge in [-0.2, -0.15) is 0 Å². The monoisotopic (exact) mass is 370 g/mol. The Kier molecular flexibility index (Phi) is 5.73. The average molecular weight is 370 g/mol. The predicted molar refractivity (Wildman–Crippen MR) is 104 cm³/mol. The summed E-state index contributed by atoms with van der Waals surface area (Å²) in [7, 11) is -3.66. The number of hydrogen-bond donors (Lipinski definition) is 1. The molecule has 0 saturated carbocycles. The Bertz CT molecular complexity index is 973. The first-order valence-electron chi connectivity index (χ1n) is 8.68. The van der Waals surface area contributed by atoms with E-state index >= 15 is 0 Å². The number of pyridine rings is 1. The molecule has 26 heavy (non-hydrogen) atoms. The van der Waals surface area contributed by atoms with E-state index in [0.717, 1.165) is 35.8 Å². The van der Waals surface area contributed by atoms with E-state index in [-0.39, 0.29) is 4.90 Å². The molecule has 5 nitrogen and oxygen atoms in total. The Balaban J connectivity index is 1.78. The Morgan fingerprint density at radius 1 is 1.04 bits per heavy atom. The lowest BCUT2D eigenvalue weighted by molar-refractivity contribution is 0.306. The van der Waals surface area contributed by atoms with Crippen molar-refractivity contribution in [3.63, 3.8) is 0 Å². The van der Waals surface area contributed by atoms with Crippen LogP contribution in [-0.4, -0.2) is 20.0 Å². The van der Waals surface area contributed by atoms with Gasteiger partial charge in [0, 0.05) is 6.20 Å². The van der Waals surface area contributed by atoms with Crippen LogP contribution in [0.1, 0.15) is 26.2 Å². The van der Waals surface area contributed by atoms with Crippen molar-refractivity contribution in [2.75, 3.05) is 11.3 Å². The molecule has 0 bridgehead atoms. The number of rotatable bonds is 8. The highest BCUT2D eigenvalue weighted by atomic mass is 32.2. The molecule has 0 aliphatic carbocycles. The van der Waals surface area contributed by atoms with Gasteiger partial charge in [0.1, 0.15) is 5.75 Å². The first-order valence-corrected chi connectivity index (χ1v) is 10.2. The average Bonchev–Trinajstić information content (AvgIpc) is 2.65. The summed E-state index contributed by atoms with van der Waals surface area (Å²) in [4.78, 5) is 4.13. The molecule has 1 heterocycles. The zero-order chi connectivity index (χ0) is 18.4. The maximum Gasteiger partial charge on any atom is 0.261 e. The minimum atomic E-state index is -3.66. The molecule has 0 radical (unpaired) electrons. The molecule has 2 aromatic carbocycles. The second kappa shape index (κ2) is 8.19. The van der Waals surface area contributed by atoms with Crippen LogP contribution in [0.5, 0.6) is 5.75 Å². The molecule has 136 valence electrons. The number of anilines is 1. The summed E-state index contributed by atoms with van der Waals surface area (Å²) in [5, 5.41) is 1.79. The summed E-state index contributed by atoms with van der Waals surface area (Å²) in [6.45, 7) is 2.85. The maximum absolute atomic E-state index is 12.6.